The molecule has 0 spiro atoms. The molecule has 0 radical (unpaired) electrons. The highest BCUT2D eigenvalue weighted by Gasteiger charge is 2.19. The number of hydrogen-bond acceptors (Lipinski definition) is 4. The van der Waals surface area contributed by atoms with E-state index < -0.39 is 5.97 Å². The highest BCUT2D eigenvalue weighted by molar-refractivity contribution is 5.94. The summed E-state index contributed by atoms with van der Waals surface area (Å²) in [6.45, 7) is 3.03. The van der Waals surface area contributed by atoms with Crippen molar-refractivity contribution in [1.82, 2.24) is 9.80 Å². The molecule has 0 atom stereocenters. The van der Waals surface area contributed by atoms with Crippen molar-refractivity contribution >= 4 is 17.7 Å². The summed E-state index contributed by atoms with van der Waals surface area (Å²) < 4.78 is 5.04. The molecule has 0 aromatic heterocycles. The Kier molecular flexibility index (Phi) is 4.64. The zero-order valence-electron chi connectivity index (χ0n) is 12.1. The van der Waals surface area contributed by atoms with Gasteiger partial charge in [-0.3, -0.25) is 0 Å². The molecule has 2 amide bonds. The largest absolute Gasteiger partial charge is 0.496 e. The van der Waals surface area contributed by atoms with Gasteiger partial charge < -0.3 is 25.0 Å². The summed E-state index contributed by atoms with van der Waals surface area (Å²) in [6.07, 6.45) is 0. The standard InChI is InChI=1S/C14H19N3O4/c1-16-5-7-17(8-6-16)14(20)15-10-3-4-11(13(18)19)12(9-10)21-2/h3-4,9H,5-8H2,1-2H3,(H,15,20)(H,18,19). The average Bonchev–Trinajstić information content (AvgIpc) is 2.47. The van der Waals surface area contributed by atoms with Crippen molar-refractivity contribution in [2.45, 2.75) is 0 Å². The van der Waals surface area contributed by atoms with Crippen molar-refractivity contribution in [1.29, 1.82) is 0 Å². The SMILES string of the molecule is COc1cc(NC(=O)N2CCN(C)CC2)ccc1C(=O)O. The second-order valence-corrected chi connectivity index (χ2v) is 4.94. The molecular formula is C14H19N3O4. The van der Waals surface area contributed by atoms with Gasteiger partial charge in [0.2, 0.25) is 0 Å². The van der Waals surface area contributed by atoms with Gasteiger partial charge in [-0.25, -0.2) is 9.59 Å². The lowest BCUT2D eigenvalue weighted by Crippen LogP contribution is -2.48. The minimum Gasteiger partial charge on any atom is -0.496 e. The summed E-state index contributed by atoms with van der Waals surface area (Å²) in [7, 11) is 3.42. The van der Waals surface area contributed by atoms with Gasteiger partial charge in [-0.1, -0.05) is 0 Å². The normalized spacial score (nSPS) is 15.6. The number of piperazine rings is 1. The molecule has 0 unspecified atom stereocenters. The van der Waals surface area contributed by atoms with Gasteiger partial charge in [-0.2, -0.15) is 0 Å². The van der Waals surface area contributed by atoms with E-state index in [2.05, 4.69) is 10.2 Å². The summed E-state index contributed by atoms with van der Waals surface area (Å²) in [5, 5.41) is 11.8. The summed E-state index contributed by atoms with van der Waals surface area (Å²) in [4.78, 5) is 27.0. The van der Waals surface area contributed by atoms with Crippen LogP contribution in [0.2, 0.25) is 0 Å². The molecule has 0 aliphatic carbocycles. The van der Waals surface area contributed by atoms with Gasteiger partial charge in [-0.05, 0) is 19.2 Å². The monoisotopic (exact) mass is 293 g/mol. The number of hydrogen-bond donors (Lipinski definition) is 2. The van der Waals surface area contributed by atoms with Crippen LogP contribution in [0.4, 0.5) is 10.5 Å². The molecule has 0 bridgehead atoms. The second kappa shape index (κ2) is 6.45. The summed E-state index contributed by atoms with van der Waals surface area (Å²) in [6, 6.07) is 4.30. The quantitative estimate of drug-likeness (QED) is 0.874. The van der Waals surface area contributed by atoms with E-state index in [0.29, 0.717) is 18.8 Å². The second-order valence-electron chi connectivity index (χ2n) is 4.94. The maximum absolute atomic E-state index is 12.1. The van der Waals surface area contributed by atoms with E-state index >= 15 is 0 Å². The fourth-order valence-corrected chi connectivity index (χ4v) is 2.16. The third-order valence-corrected chi connectivity index (χ3v) is 3.47. The van der Waals surface area contributed by atoms with Crippen molar-refractivity contribution in [2.24, 2.45) is 0 Å². The van der Waals surface area contributed by atoms with Crippen LogP contribution in [-0.2, 0) is 0 Å². The van der Waals surface area contributed by atoms with Gasteiger partial charge in [0.1, 0.15) is 11.3 Å². The molecule has 7 nitrogen and oxygen atoms in total. The molecule has 21 heavy (non-hydrogen) atoms. The van der Waals surface area contributed by atoms with E-state index in [0.717, 1.165) is 13.1 Å². The zero-order chi connectivity index (χ0) is 15.4. The average molecular weight is 293 g/mol. The summed E-state index contributed by atoms with van der Waals surface area (Å²) >= 11 is 0. The molecule has 2 rings (SSSR count). The molecular weight excluding hydrogens is 274 g/mol. The molecule has 1 fully saturated rings. The van der Waals surface area contributed by atoms with Crippen LogP contribution in [0.25, 0.3) is 0 Å². The van der Waals surface area contributed by atoms with Crippen molar-refractivity contribution in [3.05, 3.63) is 23.8 Å². The number of carboxylic acid groups (broad SMARTS) is 1. The minimum absolute atomic E-state index is 0.0649. The molecule has 1 aromatic rings. The summed E-state index contributed by atoms with van der Waals surface area (Å²) in [5.41, 5.74) is 0.580. The molecule has 1 aliphatic heterocycles. The van der Waals surface area contributed by atoms with Crippen LogP contribution >= 0.6 is 0 Å². The molecule has 1 aliphatic rings. The molecule has 114 valence electrons. The van der Waals surface area contributed by atoms with Crippen LogP contribution in [0.5, 0.6) is 5.75 Å². The Morgan fingerprint density at radius 3 is 2.48 bits per heavy atom. The number of nitrogens with one attached hydrogen (secondary N) is 1. The third-order valence-electron chi connectivity index (χ3n) is 3.47. The van der Waals surface area contributed by atoms with E-state index in [1.807, 2.05) is 7.05 Å². The zero-order valence-corrected chi connectivity index (χ0v) is 12.1. The minimum atomic E-state index is -1.07. The molecule has 1 heterocycles. The van der Waals surface area contributed by atoms with Crippen LogP contribution in [0.3, 0.4) is 0 Å². The number of methoxy groups -OCH3 is 1. The number of carboxylic acids is 1. The summed E-state index contributed by atoms with van der Waals surface area (Å²) in [5.74, 6) is -0.845. The van der Waals surface area contributed by atoms with Crippen LogP contribution in [0.1, 0.15) is 10.4 Å². The van der Waals surface area contributed by atoms with Crippen LogP contribution in [0, 0.1) is 0 Å². The number of anilines is 1. The Morgan fingerprint density at radius 2 is 1.90 bits per heavy atom. The Bertz CT molecular complexity index is 539. The van der Waals surface area contributed by atoms with Crippen molar-refractivity contribution < 1.29 is 19.4 Å². The number of carbonyl (C=O) groups excluding carboxylic acids is 1. The number of amides is 2. The van der Waals surface area contributed by atoms with E-state index in [4.69, 9.17) is 9.84 Å². The van der Waals surface area contributed by atoms with Crippen LogP contribution < -0.4 is 10.1 Å². The lowest BCUT2D eigenvalue weighted by molar-refractivity contribution is 0.0693. The Balaban J connectivity index is 2.05. The first-order valence-electron chi connectivity index (χ1n) is 6.67. The predicted molar refractivity (Wildman–Crippen MR) is 78.0 cm³/mol. The Morgan fingerprint density at radius 1 is 1.24 bits per heavy atom. The number of ether oxygens (including phenoxy) is 1. The van der Waals surface area contributed by atoms with Crippen molar-refractivity contribution in [3.8, 4) is 5.75 Å². The van der Waals surface area contributed by atoms with Gasteiger partial charge in [0, 0.05) is 37.9 Å². The van der Waals surface area contributed by atoms with Gasteiger partial charge in [0.25, 0.3) is 0 Å². The number of urea groups is 1. The number of rotatable bonds is 3. The lowest BCUT2D eigenvalue weighted by atomic mass is 10.2. The number of carbonyl (C=O) groups is 2. The smallest absolute Gasteiger partial charge is 0.339 e. The van der Waals surface area contributed by atoms with Gasteiger partial charge in [0.05, 0.1) is 7.11 Å². The molecule has 7 heteroatoms. The van der Waals surface area contributed by atoms with Crippen LogP contribution in [-0.4, -0.2) is 67.2 Å². The first-order valence-corrected chi connectivity index (χ1v) is 6.67. The fraction of sp³-hybridized carbons (Fsp3) is 0.429. The number of benzene rings is 1. The van der Waals surface area contributed by atoms with Gasteiger partial charge in [-0.15, -0.1) is 0 Å². The van der Waals surface area contributed by atoms with Crippen molar-refractivity contribution in [3.63, 3.8) is 0 Å². The molecule has 1 aromatic carbocycles. The van der Waals surface area contributed by atoms with E-state index in [-0.39, 0.29) is 17.3 Å². The highest BCUT2D eigenvalue weighted by atomic mass is 16.5. The molecule has 1 saturated heterocycles. The highest BCUT2D eigenvalue weighted by Crippen LogP contribution is 2.23. The van der Waals surface area contributed by atoms with E-state index in [1.54, 1.807) is 11.0 Å². The maximum atomic E-state index is 12.1. The van der Waals surface area contributed by atoms with Crippen molar-refractivity contribution in [2.75, 3.05) is 45.7 Å². The first-order chi connectivity index (χ1) is 10.0. The fourth-order valence-electron chi connectivity index (χ4n) is 2.16. The van der Waals surface area contributed by atoms with E-state index in [1.165, 1.54) is 19.2 Å². The first kappa shape index (κ1) is 15.1. The Hall–Kier alpha value is -2.28. The number of aromatic carboxylic acids is 1. The maximum Gasteiger partial charge on any atom is 0.339 e. The van der Waals surface area contributed by atoms with Gasteiger partial charge in [0.15, 0.2) is 0 Å². The number of nitrogens with zero attached hydrogens (tertiary/aromatic N) is 2. The third kappa shape index (κ3) is 3.63. The van der Waals surface area contributed by atoms with E-state index in [9.17, 15) is 9.59 Å². The van der Waals surface area contributed by atoms with Gasteiger partial charge >= 0.3 is 12.0 Å². The van der Waals surface area contributed by atoms with Crippen LogP contribution in [0.15, 0.2) is 18.2 Å². The predicted octanol–water partition coefficient (Wildman–Crippen LogP) is 1.17. The lowest BCUT2D eigenvalue weighted by Gasteiger charge is -2.32. The Labute approximate surface area is 123 Å². The molecule has 2 N–H and O–H groups in total. The topological polar surface area (TPSA) is 82.1 Å². The number of likely N-dealkylation sites (N-methyl/N-ethyl adjacent to an activating group) is 1. The molecule has 0 saturated carbocycles.